The van der Waals surface area contributed by atoms with Crippen LogP contribution < -0.4 is 0 Å². The molecular formula is C11H10N2O2. The molecule has 0 unspecified atom stereocenters. The quantitative estimate of drug-likeness (QED) is 0.731. The van der Waals surface area contributed by atoms with Crippen LogP contribution >= 0.6 is 0 Å². The van der Waals surface area contributed by atoms with E-state index in [0.717, 1.165) is 11.1 Å². The van der Waals surface area contributed by atoms with E-state index in [1.807, 2.05) is 31.2 Å². The second-order valence-corrected chi connectivity index (χ2v) is 3.32. The molecule has 0 saturated heterocycles. The Kier molecular flexibility index (Phi) is 2.25. The molecule has 1 aromatic heterocycles. The summed E-state index contributed by atoms with van der Waals surface area (Å²) in [5, 5.41) is 15.6. The molecule has 0 amide bonds. The zero-order chi connectivity index (χ0) is 10.8. The van der Waals surface area contributed by atoms with Crippen molar-refractivity contribution in [3.05, 3.63) is 35.4 Å². The van der Waals surface area contributed by atoms with Crippen LogP contribution in [-0.2, 0) is 0 Å². The monoisotopic (exact) mass is 202 g/mol. The van der Waals surface area contributed by atoms with Gasteiger partial charge in [0.05, 0.1) is 0 Å². The van der Waals surface area contributed by atoms with Crippen LogP contribution in [-0.4, -0.2) is 21.6 Å². The maximum absolute atomic E-state index is 10.7. The first-order valence-corrected chi connectivity index (χ1v) is 4.52. The molecule has 0 radical (unpaired) electrons. The third-order valence-corrected chi connectivity index (χ3v) is 2.19. The molecule has 4 nitrogen and oxygen atoms in total. The van der Waals surface area contributed by atoms with Crippen LogP contribution in [0.3, 0.4) is 0 Å². The summed E-state index contributed by atoms with van der Waals surface area (Å²) in [4.78, 5) is 10.7. The molecule has 0 aliphatic heterocycles. The van der Waals surface area contributed by atoms with Gasteiger partial charge in [-0.2, -0.15) is 5.10 Å². The van der Waals surface area contributed by atoms with Gasteiger partial charge in [0.1, 0.15) is 11.3 Å². The van der Waals surface area contributed by atoms with Crippen LogP contribution in [0.5, 0.6) is 5.88 Å². The fourth-order valence-corrected chi connectivity index (χ4v) is 1.47. The SMILES string of the molecule is Cc1cccc(-c2n[nH]c(O)c2C=O)c1. The van der Waals surface area contributed by atoms with Crippen LogP contribution in [0.4, 0.5) is 0 Å². The van der Waals surface area contributed by atoms with E-state index in [-0.39, 0.29) is 11.4 Å². The molecule has 0 fully saturated rings. The fraction of sp³-hybridized carbons (Fsp3) is 0.0909. The Labute approximate surface area is 86.6 Å². The van der Waals surface area contributed by atoms with Gasteiger partial charge in [-0.1, -0.05) is 23.8 Å². The summed E-state index contributed by atoms with van der Waals surface area (Å²) in [6.07, 6.45) is 0.594. The summed E-state index contributed by atoms with van der Waals surface area (Å²) < 4.78 is 0. The standard InChI is InChI=1S/C11H10N2O2/c1-7-3-2-4-8(5-7)10-9(6-14)11(15)13-12-10/h2-6H,1H3,(H2,12,13,15). The zero-order valence-corrected chi connectivity index (χ0v) is 8.19. The van der Waals surface area contributed by atoms with E-state index in [0.29, 0.717) is 12.0 Å². The molecule has 15 heavy (non-hydrogen) atoms. The van der Waals surface area contributed by atoms with Crippen molar-refractivity contribution < 1.29 is 9.90 Å². The van der Waals surface area contributed by atoms with Crippen LogP contribution in [0.15, 0.2) is 24.3 Å². The van der Waals surface area contributed by atoms with E-state index in [1.54, 1.807) is 0 Å². The van der Waals surface area contributed by atoms with Gasteiger partial charge in [-0.25, -0.2) is 5.10 Å². The Morgan fingerprint density at radius 3 is 2.93 bits per heavy atom. The van der Waals surface area contributed by atoms with Crippen molar-refractivity contribution >= 4 is 6.29 Å². The lowest BCUT2D eigenvalue weighted by Crippen LogP contribution is -1.85. The van der Waals surface area contributed by atoms with Gasteiger partial charge in [0.15, 0.2) is 6.29 Å². The zero-order valence-electron chi connectivity index (χ0n) is 8.19. The van der Waals surface area contributed by atoms with Crippen molar-refractivity contribution in [3.8, 4) is 17.1 Å². The summed E-state index contributed by atoms with van der Waals surface area (Å²) in [6.45, 7) is 1.95. The average Bonchev–Trinajstić information content (AvgIpc) is 2.59. The Balaban J connectivity index is 2.58. The maximum Gasteiger partial charge on any atom is 0.218 e. The number of aryl methyl sites for hydroxylation is 1. The minimum atomic E-state index is -0.193. The van der Waals surface area contributed by atoms with Crippen LogP contribution in [0.2, 0.25) is 0 Å². The minimum Gasteiger partial charge on any atom is -0.493 e. The number of aromatic nitrogens is 2. The summed E-state index contributed by atoms with van der Waals surface area (Å²) >= 11 is 0. The summed E-state index contributed by atoms with van der Waals surface area (Å²) in [7, 11) is 0. The number of benzene rings is 1. The molecule has 0 aliphatic rings. The van der Waals surface area contributed by atoms with Crippen LogP contribution in [0.1, 0.15) is 15.9 Å². The van der Waals surface area contributed by atoms with Crippen molar-refractivity contribution in [1.29, 1.82) is 0 Å². The molecule has 1 aromatic carbocycles. The van der Waals surface area contributed by atoms with Gasteiger partial charge < -0.3 is 5.11 Å². The number of aromatic hydroxyl groups is 1. The van der Waals surface area contributed by atoms with E-state index in [9.17, 15) is 9.90 Å². The number of H-pyrrole nitrogens is 1. The van der Waals surface area contributed by atoms with E-state index in [1.165, 1.54) is 0 Å². The van der Waals surface area contributed by atoms with Gasteiger partial charge >= 0.3 is 0 Å². The highest BCUT2D eigenvalue weighted by Crippen LogP contribution is 2.26. The molecule has 0 bridgehead atoms. The number of aldehydes is 1. The summed E-state index contributed by atoms with van der Waals surface area (Å²) in [5.74, 6) is -0.193. The molecule has 0 spiro atoms. The smallest absolute Gasteiger partial charge is 0.218 e. The topological polar surface area (TPSA) is 66.0 Å². The Morgan fingerprint density at radius 1 is 1.47 bits per heavy atom. The van der Waals surface area contributed by atoms with Crippen molar-refractivity contribution in [1.82, 2.24) is 10.2 Å². The van der Waals surface area contributed by atoms with Gasteiger partial charge in [0, 0.05) is 5.56 Å². The highest BCUT2D eigenvalue weighted by molar-refractivity contribution is 5.88. The Morgan fingerprint density at radius 2 is 2.27 bits per heavy atom. The predicted octanol–water partition coefficient (Wildman–Crippen LogP) is 1.90. The first-order valence-electron chi connectivity index (χ1n) is 4.52. The number of nitrogens with zero attached hydrogens (tertiary/aromatic N) is 1. The van der Waals surface area contributed by atoms with E-state index in [2.05, 4.69) is 10.2 Å². The lowest BCUT2D eigenvalue weighted by molar-refractivity contribution is 0.112. The molecule has 2 aromatic rings. The molecular weight excluding hydrogens is 192 g/mol. The Bertz CT molecular complexity index is 503. The summed E-state index contributed by atoms with van der Waals surface area (Å²) in [6, 6.07) is 7.58. The van der Waals surface area contributed by atoms with E-state index in [4.69, 9.17) is 0 Å². The van der Waals surface area contributed by atoms with Gasteiger partial charge in [-0.15, -0.1) is 0 Å². The van der Waals surface area contributed by atoms with Gasteiger partial charge in [-0.3, -0.25) is 4.79 Å². The number of carbonyl (C=O) groups is 1. The lowest BCUT2D eigenvalue weighted by atomic mass is 10.1. The third kappa shape index (κ3) is 1.61. The second kappa shape index (κ2) is 3.57. The number of carbonyl (C=O) groups excluding carboxylic acids is 1. The highest BCUT2D eigenvalue weighted by atomic mass is 16.3. The van der Waals surface area contributed by atoms with Crippen molar-refractivity contribution in [2.75, 3.05) is 0 Å². The third-order valence-electron chi connectivity index (χ3n) is 2.19. The van der Waals surface area contributed by atoms with Crippen molar-refractivity contribution in [3.63, 3.8) is 0 Å². The molecule has 4 heteroatoms. The molecule has 2 N–H and O–H groups in total. The molecule has 0 saturated carbocycles. The van der Waals surface area contributed by atoms with Gasteiger partial charge in [-0.05, 0) is 13.0 Å². The minimum absolute atomic E-state index is 0.193. The summed E-state index contributed by atoms with van der Waals surface area (Å²) in [5.41, 5.74) is 2.56. The number of aromatic amines is 1. The molecule has 0 atom stereocenters. The highest BCUT2D eigenvalue weighted by Gasteiger charge is 2.13. The normalized spacial score (nSPS) is 10.2. The Hall–Kier alpha value is -2.10. The fourth-order valence-electron chi connectivity index (χ4n) is 1.47. The maximum atomic E-state index is 10.7. The van der Waals surface area contributed by atoms with Gasteiger partial charge in [0.2, 0.25) is 5.88 Å². The predicted molar refractivity (Wildman–Crippen MR) is 55.8 cm³/mol. The molecule has 76 valence electrons. The largest absolute Gasteiger partial charge is 0.493 e. The average molecular weight is 202 g/mol. The number of hydrogen-bond acceptors (Lipinski definition) is 3. The number of hydrogen-bond donors (Lipinski definition) is 2. The first kappa shape index (κ1) is 9.45. The van der Waals surface area contributed by atoms with Crippen molar-refractivity contribution in [2.24, 2.45) is 0 Å². The van der Waals surface area contributed by atoms with E-state index < -0.39 is 0 Å². The molecule has 0 aliphatic carbocycles. The van der Waals surface area contributed by atoms with Crippen LogP contribution in [0.25, 0.3) is 11.3 Å². The number of rotatable bonds is 2. The second-order valence-electron chi connectivity index (χ2n) is 3.32. The lowest BCUT2D eigenvalue weighted by Gasteiger charge is -1.98. The number of nitrogens with one attached hydrogen (secondary N) is 1. The first-order chi connectivity index (χ1) is 7.22. The molecule has 2 rings (SSSR count). The van der Waals surface area contributed by atoms with E-state index >= 15 is 0 Å². The van der Waals surface area contributed by atoms with Gasteiger partial charge in [0.25, 0.3) is 0 Å². The molecule has 1 heterocycles. The van der Waals surface area contributed by atoms with Crippen LogP contribution in [0, 0.1) is 6.92 Å². The van der Waals surface area contributed by atoms with Crippen molar-refractivity contribution in [2.45, 2.75) is 6.92 Å².